The average Bonchev–Trinajstić information content (AvgIpc) is 2.17. The summed E-state index contributed by atoms with van der Waals surface area (Å²) in [4.78, 5) is 21.3. The predicted molar refractivity (Wildman–Crippen MR) is 62.4 cm³/mol. The zero-order valence-electron chi connectivity index (χ0n) is 8.11. The Labute approximate surface area is 99.7 Å². The van der Waals surface area contributed by atoms with Gasteiger partial charge in [-0.15, -0.1) is 0 Å². The smallest absolute Gasteiger partial charge is 0.273 e. The van der Waals surface area contributed by atoms with Crippen molar-refractivity contribution in [2.45, 2.75) is 6.92 Å². The molecule has 0 aromatic heterocycles. The zero-order valence-corrected chi connectivity index (χ0v) is 10.3. The Balaban J connectivity index is 3.45. The highest BCUT2D eigenvalue weighted by atomic mass is 127. The van der Waals surface area contributed by atoms with E-state index in [-0.39, 0.29) is 11.5 Å². The van der Waals surface area contributed by atoms with Crippen LogP contribution in [0.15, 0.2) is 12.1 Å². The molecule has 1 aromatic carbocycles. The van der Waals surface area contributed by atoms with Crippen LogP contribution in [0.5, 0.6) is 5.75 Å². The minimum Gasteiger partial charge on any atom is -0.495 e. The Morgan fingerprint density at radius 1 is 1.53 bits per heavy atom. The van der Waals surface area contributed by atoms with Crippen molar-refractivity contribution in [2.75, 3.05) is 7.11 Å². The molecular weight excluding hydrogens is 313 g/mol. The third-order valence-corrected chi connectivity index (χ3v) is 2.95. The SMILES string of the molecule is COc1cc([N+](=O)[O-])cc(C(C)=O)c1I. The van der Waals surface area contributed by atoms with Crippen molar-refractivity contribution in [3.63, 3.8) is 0 Å². The first-order valence-corrected chi connectivity index (χ1v) is 5.08. The van der Waals surface area contributed by atoms with E-state index in [9.17, 15) is 14.9 Å². The monoisotopic (exact) mass is 321 g/mol. The first-order valence-electron chi connectivity index (χ1n) is 4.00. The number of hydrogen-bond donors (Lipinski definition) is 0. The van der Waals surface area contributed by atoms with Crippen molar-refractivity contribution >= 4 is 34.1 Å². The molecule has 0 aliphatic heterocycles. The van der Waals surface area contributed by atoms with Gasteiger partial charge in [-0.25, -0.2) is 0 Å². The van der Waals surface area contributed by atoms with Crippen molar-refractivity contribution < 1.29 is 14.5 Å². The molecule has 5 nitrogen and oxygen atoms in total. The molecule has 1 rings (SSSR count). The van der Waals surface area contributed by atoms with Crippen LogP contribution in [0.1, 0.15) is 17.3 Å². The average molecular weight is 321 g/mol. The van der Waals surface area contributed by atoms with Crippen LogP contribution in [0.4, 0.5) is 5.69 Å². The fourth-order valence-electron chi connectivity index (χ4n) is 1.09. The largest absolute Gasteiger partial charge is 0.495 e. The maximum Gasteiger partial charge on any atom is 0.273 e. The molecule has 6 heteroatoms. The van der Waals surface area contributed by atoms with Gasteiger partial charge in [0, 0.05) is 11.6 Å². The minimum atomic E-state index is -0.551. The summed E-state index contributed by atoms with van der Waals surface area (Å²) in [6, 6.07) is 2.56. The number of halogens is 1. The number of methoxy groups -OCH3 is 1. The number of carbonyl (C=O) groups is 1. The van der Waals surface area contributed by atoms with Gasteiger partial charge in [-0.3, -0.25) is 14.9 Å². The fourth-order valence-corrected chi connectivity index (χ4v) is 2.00. The molecule has 0 amide bonds. The van der Waals surface area contributed by atoms with Crippen LogP contribution >= 0.6 is 22.6 Å². The Hall–Kier alpha value is -1.18. The highest BCUT2D eigenvalue weighted by Crippen LogP contribution is 2.30. The number of carbonyl (C=O) groups excluding carboxylic acids is 1. The van der Waals surface area contributed by atoms with Gasteiger partial charge >= 0.3 is 0 Å². The highest BCUT2D eigenvalue weighted by Gasteiger charge is 2.17. The predicted octanol–water partition coefficient (Wildman–Crippen LogP) is 2.41. The molecule has 0 fully saturated rings. The topological polar surface area (TPSA) is 69.4 Å². The standard InChI is InChI=1S/C9H8INO4/c1-5(12)7-3-6(11(13)14)4-8(15-2)9(7)10/h3-4H,1-2H3. The van der Waals surface area contributed by atoms with E-state index in [0.29, 0.717) is 14.9 Å². The summed E-state index contributed by atoms with van der Waals surface area (Å²) < 4.78 is 5.55. The molecule has 0 atom stereocenters. The summed E-state index contributed by atoms with van der Waals surface area (Å²) in [5.74, 6) is 0.122. The van der Waals surface area contributed by atoms with Crippen molar-refractivity contribution in [3.05, 3.63) is 31.4 Å². The van der Waals surface area contributed by atoms with Gasteiger partial charge in [0.15, 0.2) is 5.78 Å². The van der Waals surface area contributed by atoms with Gasteiger partial charge in [-0.1, -0.05) is 0 Å². The molecule has 0 heterocycles. The molecule has 0 radical (unpaired) electrons. The second-order valence-electron chi connectivity index (χ2n) is 2.82. The van der Waals surface area contributed by atoms with E-state index in [2.05, 4.69) is 0 Å². The number of hydrogen-bond acceptors (Lipinski definition) is 4. The van der Waals surface area contributed by atoms with E-state index in [1.54, 1.807) is 0 Å². The van der Waals surface area contributed by atoms with Crippen molar-refractivity contribution in [2.24, 2.45) is 0 Å². The number of nitro benzene ring substituents is 1. The molecule has 15 heavy (non-hydrogen) atoms. The number of nitro groups is 1. The molecule has 0 saturated heterocycles. The Morgan fingerprint density at radius 3 is 2.53 bits per heavy atom. The zero-order chi connectivity index (χ0) is 11.6. The number of rotatable bonds is 3. The quantitative estimate of drug-likeness (QED) is 0.371. The summed E-state index contributed by atoms with van der Waals surface area (Å²) >= 11 is 1.93. The van der Waals surface area contributed by atoms with Gasteiger partial charge in [0.1, 0.15) is 5.75 Å². The molecule has 0 saturated carbocycles. The van der Waals surface area contributed by atoms with E-state index in [1.165, 1.54) is 26.2 Å². The Bertz CT molecular complexity index is 430. The van der Waals surface area contributed by atoms with E-state index < -0.39 is 4.92 Å². The van der Waals surface area contributed by atoms with Gasteiger partial charge in [-0.2, -0.15) is 0 Å². The van der Waals surface area contributed by atoms with Crippen LogP contribution in [-0.2, 0) is 0 Å². The normalized spacial score (nSPS) is 9.80. The van der Waals surface area contributed by atoms with E-state index in [0.717, 1.165) is 0 Å². The summed E-state index contributed by atoms with van der Waals surface area (Å²) in [5.41, 5.74) is 0.166. The lowest BCUT2D eigenvalue weighted by molar-refractivity contribution is -0.385. The lowest BCUT2D eigenvalue weighted by Crippen LogP contribution is -2.01. The number of benzene rings is 1. The maximum atomic E-state index is 11.2. The summed E-state index contributed by atoms with van der Waals surface area (Å²) in [5, 5.41) is 10.6. The van der Waals surface area contributed by atoms with Gasteiger partial charge in [0.2, 0.25) is 0 Å². The Kier molecular flexibility index (Phi) is 3.61. The maximum absolute atomic E-state index is 11.2. The molecular formula is C9H8INO4. The number of Topliss-reactive ketones (excluding diaryl/α,β-unsaturated/α-hetero) is 1. The lowest BCUT2D eigenvalue weighted by Gasteiger charge is -2.06. The van der Waals surface area contributed by atoms with E-state index >= 15 is 0 Å². The lowest BCUT2D eigenvalue weighted by atomic mass is 10.1. The fraction of sp³-hybridized carbons (Fsp3) is 0.222. The third-order valence-electron chi connectivity index (χ3n) is 1.83. The van der Waals surface area contributed by atoms with Gasteiger partial charge in [0.25, 0.3) is 5.69 Å². The highest BCUT2D eigenvalue weighted by molar-refractivity contribution is 14.1. The van der Waals surface area contributed by atoms with Crippen LogP contribution in [0.2, 0.25) is 0 Å². The molecule has 0 aliphatic rings. The second kappa shape index (κ2) is 4.56. The minimum absolute atomic E-state index is 0.141. The Morgan fingerprint density at radius 2 is 2.13 bits per heavy atom. The van der Waals surface area contributed by atoms with Crippen LogP contribution in [-0.4, -0.2) is 17.8 Å². The summed E-state index contributed by atoms with van der Waals surface area (Å²) in [6.45, 7) is 1.36. The molecule has 0 N–H and O–H groups in total. The molecule has 80 valence electrons. The van der Waals surface area contributed by atoms with Crippen molar-refractivity contribution in [1.29, 1.82) is 0 Å². The number of ether oxygens (including phenoxy) is 1. The van der Waals surface area contributed by atoms with Gasteiger partial charge in [0.05, 0.1) is 21.7 Å². The number of non-ortho nitro benzene ring substituents is 1. The molecule has 0 spiro atoms. The summed E-state index contributed by atoms with van der Waals surface area (Å²) in [7, 11) is 1.41. The van der Waals surface area contributed by atoms with Gasteiger partial charge in [-0.05, 0) is 29.5 Å². The van der Waals surface area contributed by atoms with Crippen molar-refractivity contribution in [1.82, 2.24) is 0 Å². The second-order valence-corrected chi connectivity index (χ2v) is 3.90. The van der Waals surface area contributed by atoms with Gasteiger partial charge < -0.3 is 4.74 Å². The molecule has 0 bridgehead atoms. The third kappa shape index (κ3) is 2.44. The summed E-state index contributed by atoms with van der Waals surface area (Å²) in [6.07, 6.45) is 0. The number of ketones is 1. The molecule has 0 aliphatic carbocycles. The molecule has 0 unspecified atom stereocenters. The van der Waals surface area contributed by atoms with E-state index in [4.69, 9.17) is 4.74 Å². The molecule has 1 aromatic rings. The van der Waals surface area contributed by atoms with Crippen LogP contribution in [0, 0.1) is 13.7 Å². The van der Waals surface area contributed by atoms with Crippen molar-refractivity contribution in [3.8, 4) is 5.75 Å². The van der Waals surface area contributed by atoms with Crippen LogP contribution in [0.3, 0.4) is 0 Å². The van der Waals surface area contributed by atoms with Crippen LogP contribution < -0.4 is 4.74 Å². The van der Waals surface area contributed by atoms with E-state index in [1.807, 2.05) is 22.6 Å². The first-order chi connectivity index (χ1) is 6.97. The number of nitrogens with zero attached hydrogens (tertiary/aromatic N) is 1. The van der Waals surface area contributed by atoms with Crippen LogP contribution in [0.25, 0.3) is 0 Å². The first kappa shape index (κ1) is 11.9.